The predicted molar refractivity (Wildman–Crippen MR) is 110 cm³/mol. The van der Waals surface area contributed by atoms with Crippen molar-refractivity contribution >= 4 is 15.9 Å². The van der Waals surface area contributed by atoms with E-state index in [1.54, 1.807) is 13.8 Å². The quantitative estimate of drug-likeness (QED) is 0.308. The molecule has 4 fully saturated rings. The molecule has 4 aliphatic rings. The number of nitrogens with one attached hydrogen (secondary N) is 1. The average molecular weight is 453 g/mol. The highest BCUT2D eigenvalue weighted by Gasteiger charge is 2.60. The van der Waals surface area contributed by atoms with Gasteiger partial charge in [0.2, 0.25) is 10.0 Å². The maximum Gasteiger partial charge on any atom is 0.214 e. The fourth-order valence-corrected chi connectivity index (χ4v) is 7.26. The van der Waals surface area contributed by atoms with Crippen molar-refractivity contribution in [2.24, 2.45) is 27.9 Å². The Kier molecular flexibility index (Phi) is 5.25. The van der Waals surface area contributed by atoms with Gasteiger partial charge < -0.3 is 4.74 Å². The highest BCUT2D eigenvalue weighted by molar-refractivity contribution is 7.90. The van der Waals surface area contributed by atoms with Crippen LogP contribution in [0.3, 0.4) is 0 Å². The molecule has 1 aromatic rings. The standard InChI is InChI=1S/C21H26F2N4O3S/c1-20(2,30-17-4-3-15(22)7-16(17)23)19(26-11-24)27-18-13-5-12-6-14(18)10-21(8-12,9-13)31(25,28)29/h3-4,7,12-14,18H,5-6,8-10H2,1-2H3,(H,26,27)(H2,25,28,29). The van der Waals surface area contributed by atoms with Crippen LogP contribution in [0.1, 0.15) is 46.0 Å². The van der Waals surface area contributed by atoms with E-state index in [-0.39, 0.29) is 29.5 Å². The summed E-state index contributed by atoms with van der Waals surface area (Å²) >= 11 is 0. The van der Waals surface area contributed by atoms with Crippen LogP contribution in [0.2, 0.25) is 0 Å². The van der Waals surface area contributed by atoms with Crippen molar-refractivity contribution in [1.29, 1.82) is 5.26 Å². The molecule has 5 rings (SSSR count). The van der Waals surface area contributed by atoms with Gasteiger partial charge in [-0.25, -0.2) is 22.3 Å². The van der Waals surface area contributed by atoms with E-state index in [4.69, 9.17) is 14.9 Å². The van der Waals surface area contributed by atoms with Gasteiger partial charge in [0, 0.05) is 6.07 Å². The van der Waals surface area contributed by atoms with E-state index in [9.17, 15) is 22.5 Å². The van der Waals surface area contributed by atoms with Crippen molar-refractivity contribution < 1.29 is 21.9 Å². The van der Waals surface area contributed by atoms with E-state index in [1.165, 1.54) is 6.07 Å². The lowest BCUT2D eigenvalue weighted by Gasteiger charge is -2.57. The van der Waals surface area contributed by atoms with E-state index in [0.29, 0.717) is 25.2 Å². The summed E-state index contributed by atoms with van der Waals surface area (Å²) in [4.78, 5) is 4.82. The molecule has 0 saturated heterocycles. The molecule has 0 spiro atoms. The van der Waals surface area contributed by atoms with Gasteiger partial charge in [0.15, 0.2) is 29.2 Å². The van der Waals surface area contributed by atoms with Gasteiger partial charge in [-0.2, -0.15) is 5.26 Å². The SMILES string of the molecule is CC(C)(Oc1ccc(F)cc1F)C(=NC1C2CC3CC1CC(S(N)(=O)=O)(C3)C2)NC#N. The molecule has 0 aliphatic heterocycles. The number of nitrogens with two attached hydrogens (primary N) is 1. The van der Waals surface area contributed by atoms with E-state index < -0.39 is 32.0 Å². The molecule has 0 radical (unpaired) electrons. The summed E-state index contributed by atoms with van der Waals surface area (Å²) < 4.78 is 56.9. The van der Waals surface area contributed by atoms with Crippen LogP contribution in [0.25, 0.3) is 0 Å². The second-order valence-corrected chi connectivity index (χ2v) is 11.5. The normalized spacial score (nSPS) is 32.6. The third kappa shape index (κ3) is 3.89. The van der Waals surface area contributed by atoms with Crippen LogP contribution in [-0.4, -0.2) is 30.6 Å². The van der Waals surface area contributed by atoms with Crippen LogP contribution in [0, 0.1) is 40.8 Å². The molecule has 31 heavy (non-hydrogen) atoms. The number of rotatable bonds is 5. The zero-order chi connectivity index (χ0) is 22.6. The zero-order valence-corrected chi connectivity index (χ0v) is 18.3. The molecule has 4 saturated carbocycles. The van der Waals surface area contributed by atoms with Gasteiger partial charge in [-0.15, -0.1) is 0 Å². The Balaban J connectivity index is 1.63. The number of sulfonamides is 1. The van der Waals surface area contributed by atoms with Crippen molar-refractivity contribution in [3.8, 4) is 11.9 Å². The molecule has 168 valence electrons. The Morgan fingerprint density at radius 2 is 1.94 bits per heavy atom. The minimum absolute atomic E-state index is 0.0402. The van der Waals surface area contributed by atoms with Crippen LogP contribution in [-0.2, 0) is 10.0 Å². The number of ether oxygens (including phenoxy) is 1. The first-order valence-electron chi connectivity index (χ1n) is 10.3. The van der Waals surface area contributed by atoms with Crippen LogP contribution in [0.5, 0.6) is 5.75 Å². The molecule has 2 unspecified atom stereocenters. The minimum Gasteiger partial charge on any atom is -0.477 e. The van der Waals surface area contributed by atoms with Crippen molar-refractivity contribution in [3.63, 3.8) is 0 Å². The molecular weight excluding hydrogens is 426 g/mol. The fourth-order valence-electron chi connectivity index (χ4n) is 5.90. The van der Waals surface area contributed by atoms with Gasteiger partial charge in [-0.3, -0.25) is 10.3 Å². The molecule has 0 heterocycles. The maximum absolute atomic E-state index is 14.1. The number of nitriles is 1. The largest absolute Gasteiger partial charge is 0.477 e. The summed E-state index contributed by atoms with van der Waals surface area (Å²) in [5.41, 5.74) is -1.21. The lowest BCUT2D eigenvalue weighted by Crippen LogP contribution is -2.61. The average Bonchev–Trinajstić information content (AvgIpc) is 2.64. The number of amidine groups is 1. The first kappa shape index (κ1) is 22.0. The molecule has 4 aliphatic carbocycles. The van der Waals surface area contributed by atoms with Gasteiger partial charge in [0.05, 0.1) is 10.8 Å². The second kappa shape index (κ2) is 7.41. The summed E-state index contributed by atoms with van der Waals surface area (Å²) in [6.45, 7) is 3.28. The smallest absolute Gasteiger partial charge is 0.214 e. The maximum atomic E-state index is 14.1. The first-order valence-corrected chi connectivity index (χ1v) is 11.9. The van der Waals surface area contributed by atoms with Gasteiger partial charge >= 0.3 is 0 Å². The van der Waals surface area contributed by atoms with Gasteiger partial charge in [0.25, 0.3) is 0 Å². The summed E-state index contributed by atoms with van der Waals surface area (Å²) in [5.74, 6) is -1.11. The van der Waals surface area contributed by atoms with Crippen molar-refractivity contribution in [1.82, 2.24) is 5.32 Å². The predicted octanol–water partition coefficient (Wildman–Crippen LogP) is 2.83. The lowest BCUT2D eigenvalue weighted by molar-refractivity contribution is 0.0138. The topological polar surface area (TPSA) is 118 Å². The molecule has 7 nitrogen and oxygen atoms in total. The van der Waals surface area contributed by atoms with Crippen molar-refractivity contribution in [2.75, 3.05) is 0 Å². The molecule has 1 aromatic carbocycles. The summed E-state index contributed by atoms with van der Waals surface area (Å²) in [7, 11) is -3.67. The highest BCUT2D eigenvalue weighted by atomic mass is 32.2. The summed E-state index contributed by atoms with van der Waals surface area (Å²) in [5, 5.41) is 17.4. The Morgan fingerprint density at radius 1 is 1.29 bits per heavy atom. The molecule has 0 aromatic heterocycles. The van der Waals surface area contributed by atoms with E-state index in [0.717, 1.165) is 25.0 Å². The van der Waals surface area contributed by atoms with Gasteiger partial charge in [0.1, 0.15) is 5.82 Å². The van der Waals surface area contributed by atoms with E-state index >= 15 is 0 Å². The van der Waals surface area contributed by atoms with Crippen LogP contribution < -0.4 is 15.2 Å². The Hall–Kier alpha value is -2.25. The monoisotopic (exact) mass is 452 g/mol. The lowest BCUT2D eigenvalue weighted by atomic mass is 9.54. The number of halogens is 2. The molecule has 0 amide bonds. The molecule has 2 atom stereocenters. The number of aliphatic imine (C=N–C) groups is 1. The Labute approximate surface area is 180 Å². The third-order valence-electron chi connectivity index (χ3n) is 7.05. The summed E-state index contributed by atoms with van der Waals surface area (Å²) in [6, 6.07) is 2.83. The fraction of sp³-hybridized carbons (Fsp3) is 0.619. The molecular formula is C21H26F2N4O3S. The molecule has 10 heteroatoms. The van der Waals surface area contributed by atoms with Crippen LogP contribution >= 0.6 is 0 Å². The first-order chi connectivity index (χ1) is 14.4. The number of hydrogen-bond donors (Lipinski definition) is 2. The second-order valence-electron chi connectivity index (χ2n) is 9.59. The number of nitrogens with zero attached hydrogens (tertiary/aromatic N) is 2. The van der Waals surface area contributed by atoms with Crippen LogP contribution in [0.4, 0.5) is 8.78 Å². The van der Waals surface area contributed by atoms with Crippen LogP contribution in [0.15, 0.2) is 23.2 Å². The third-order valence-corrected chi connectivity index (χ3v) is 8.76. The van der Waals surface area contributed by atoms with Gasteiger partial charge in [-0.05, 0) is 75.8 Å². The minimum atomic E-state index is -3.67. The Morgan fingerprint density at radius 3 is 2.48 bits per heavy atom. The number of hydrogen-bond acceptors (Lipinski definition) is 5. The van der Waals surface area contributed by atoms with E-state index in [1.807, 2.05) is 6.19 Å². The summed E-state index contributed by atoms with van der Waals surface area (Å²) in [6.07, 6.45) is 5.13. The number of benzene rings is 1. The molecule has 3 N–H and O–H groups in total. The zero-order valence-electron chi connectivity index (χ0n) is 17.4. The van der Waals surface area contributed by atoms with E-state index in [2.05, 4.69) is 5.32 Å². The van der Waals surface area contributed by atoms with Crippen molar-refractivity contribution in [3.05, 3.63) is 29.8 Å². The molecule has 4 bridgehead atoms. The van der Waals surface area contributed by atoms with Crippen molar-refractivity contribution in [2.45, 2.75) is 62.3 Å². The highest BCUT2D eigenvalue weighted by Crippen LogP contribution is 2.59. The number of primary sulfonamides is 1. The Bertz CT molecular complexity index is 1050. The van der Waals surface area contributed by atoms with Gasteiger partial charge in [-0.1, -0.05) is 0 Å².